The summed E-state index contributed by atoms with van der Waals surface area (Å²) in [4.78, 5) is 49.6. The van der Waals surface area contributed by atoms with Gasteiger partial charge in [0.25, 0.3) is 0 Å². The maximum Gasteiger partial charge on any atom is 0.0972 e. The topological polar surface area (TPSA) is 129 Å². The SMILES string of the molecule is c1ccc(-c2ccc3ccc4ccc(-c5ccc(-c6ccc7ccc(-c8ccc9ccc(-c%10cccc%11cccnc%10%11)nc9c8)nc7c6)c6ccccc56)nc4c3n2)cc1.c1cnc2c(-c3ccc4ccc(-c5ccc6ccc(-c7ccc(-c8ccnc9c8ccc8cccnc89)cc7)cc6n5)cc4n3)cccc2c1. The minimum Gasteiger partial charge on any atom is -0.256 e. The molecule has 0 spiro atoms. The molecule has 0 saturated heterocycles. The minimum absolute atomic E-state index is 0.900. The molecule has 10 heteroatoms. The van der Waals surface area contributed by atoms with Gasteiger partial charge in [-0.15, -0.1) is 0 Å². The third-order valence-corrected chi connectivity index (χ3v) is 21.3. The molecular formula is C100H60N10. The number of para-hydroxylation sites is 2. The van der Waals surface area contributed by atoms with Crippen LogP contribution in [-0.4, -0.2) is 49.8 Å². The van der Waals surface area contributed by atoms with Crippen molar-refractivity contribution in [1.82, 2.24) is 49.8 Å². The van der Waals surface area contributed by atoms with Crippen LogP contribution in [0.5, 0.6) is 0 Å². The van der Waals surface area contributed by atoms with Crippen molar-refractivity contribution in [2.75, 3.05) is 0 Å². The highest BCUT2D eigenvalue weighted by Crippen LogP contribution is 2.41. The number of fused-ring (bicyclic) bond motifs is 13. The predicted octanol–water partition coefficient (Wildman–Crippen LogP) is 25.0. The van der Waals surface area contributed by atoms with Crippen LogP contribution in [0.25, 0.3) is 221 Å². The summed E-state index contributed by atoms with van der Waals surface area (Å²) >= 11 is 0. The molecule has 510 valence electrons. The first-order valence-corrected chi connectivity index (χ1v) is 36.8. The molecule has 0 atom stereocenters. The Kier molecular flexibility index (Phi) is 15.3. The first-order valence-electron chi connectivity index (χ1n) is 36.8. The number of benzene rings is 12. The first kappa shape index (κ1) is 63.5. The van der Waals surface area contributed by atoms with Gasteiger partial charge in [0, 0.05) is 112 Å². The van der Waals surface area contributed by atoms with Crippen LogP contribution < -0.4 is 0 Å². The lowest BCUT2D eigenvalue weighted by atomic mass is 9.93. The molecule has 0 N–H and O–H groups in total. The third kappa shape index (κ3) is 11.5. The molecule has 0 aliphatic rings. The van der Waals surface area contributed by atoms with E-state index in [2.05, 4.69) is 323 Å². The Labute approximate surface area is 631 Å². The summed E-state index contributed by atoms with van der Waals surface area (Å²) in [5.74, 6) is 0. The minimum atomic E-state index is 0.900. The molecule has 22 aromatic rings. The summed E-state index contributed by atoms with van der Waals surface area (Å²) in [5, 5.41) is 13.2. The van der Waals surface area contributed by atoms with Crippen molar-refractivity contribution in [1.29, 1.82) is 0 Å². The average molecular weight is 1400 g/mol. The molecule has 0 bridgehead atoms. The third-order valence-electron chi connectivity index (χ3n) is 21.3. The summed E-state index contributed by atoms with van der Waals surface area (Å²) in [6, 6.07) is 119. The van der Waals surface area contributed by atoms with Crippen LogP contribution >= 0.6 is 0 Å². The molecule has 10 nitrogen and oxygen atoms in total. The van der Waals surface area contributed by atoms with Gasteiger partial charge in [-0.3, -0.25) is 19.9 Å². The van der Waals surface area contributed by atoms with Crippen molar-refractivity contribution < 1.29 is 0 Å². The molecule has 110 heavy (non-hydrogen) atoms. The Morgan fingerprint density at radius 3 is 1.09 bits per heavy atom. The predicted molar refractivity (Wildman–Crippen MR) is 452 cm³/mol. The molecule has 0 amide bonds. The van der Waals surface area contributed by atoms with Gasteiger partial charge in [0.05, 0.1) is 89.3 Å². The van der Waals surface area contributed by atoms with Gasteiger partial charge in [0.1, 0.15) is 0 Å². The molecule has 22 rings (SSSR count). The van der Waals surface area contributed by atoms with Gasteiger partial charge in [0.2, 0.25) is 0 Å². The van der Waals surface area contributed by atoms with Gasteiger partial charge in [-0.25, -0.2) is 29.9 Å². The van der Waals surface area contributed by atoms with E-state index in [-0.39, 0.29) is 0 Å². The fourth-order valence-corrected chi connectivity index (χ4v) is 15.7. The largest absolute Gasteiger partial charge is 0.256 e. The van der Waals surface area contributed by atoms with Gasteiger partial charge < -0.3 is 0 Å². The standard InChI is InChI=1S/C55H33N5.C45H27N5/c1-2-8-34(9-3-1)47-28-23-38-17-18-39-24-30-49(60-55(39)54(38)59-47)45-26-25-42(43-12-4-5-13-44(43)45)40-19-15-35-21-27-48(57-51(35)32-40)41-20-16-36-22-29-50(58-52(36)33-41)46-14-6-10-37-11-7-31-56-53(37)46;1-4-32-5-2-23-46-43(32)38(7-1)40-21-18-31-13-15-35(27-42(31)50-40)39-20-17-30-12-14-34(26-41(30)49-39)28-8-10-29(11-9-28)36-22-25-48-45-37(36)19-16-33-6-3-24-47-44(33)45/h1-33H;1-27H. The van der Waals surface area contributed by atoms with E-state index in [0.29, 0.717) is 0 Å². The molecular weight excluding hydrogens is 1340 g/mol. The van der Waals surface area contributed by atoms with E-state index < -0.39 is 0 Å². The molecule has 12 aromatic carbocycles. The summed E-state index contributed by atoms with van der Waals surface area (Å²) in [7, 11) is 0. The van der Waals surface area contributed by atoms with E-state index in [1.165, 1.54) is 0 Å². The molecule has 0 fully saturated rings. The number of rotatable bonds is 9. The second kappa shape index (κ2) is 26.5. The Hall–Kier alpha value is -15.0. The lowest BCUT2D eigenvalue weighted by Gasteiger charge is -2.13. The van der Waals surface area contributed by atoms with Crippen LogP contribution in [0.3, 0.4) is 0 Å². The van der Waals surface area contributed by atoms with Gasteiger partial charge in [-0.1, -0.05) is 255 Å². The van der Waals surface area contributed by atoms with E-state index in [9.17, 15) is 0 Å². The van der Waals surface area contributed by atoms with Crippen LogP contribution in [0.1, 0.15) is 0 Å². The fourth-order valence-electron chi connectivity index (χ4n) is 15.7. The maximum absolute atomic E-state index is 5.31. The highest BCUT2D eigenvalue weighted by molar-refractivity contribution is 6.10. The van der Waals surface area contributed by atoms with Crippen LogP contribution in [0.15, 0.2) is 365 Å². The van der Waals surface area contributed by atoms with Crippen LogP contribution in [0, 0.1) is 0 Å². The zero-order chi connectivity index (χ0) is 72.6. The smallest absolute Gasteiger partial charge is 0.0972 e. The molecule has 0 radical (unpaired) electrons. The van der Waals surface area contributed by atoms with E-state index in [1.54, 1.807) is 0 Å². The van der Waals surface area contributed by atoms with Gasteiger partial charge in [0.15, 0.2) is 0 Å². The van der Waals surface area contributed by atoms with Crippen LogP contribution in [0.4, 0.5) is 0 Å². The number of hydrogen-bond donors (Lipinski definition) is 0. The maximum atomic E-state index is 5.31. The Morgan fingerprint density at radius 1 is 0.145 bits per heavy atom. The van der Waals surface area contributed by atoms with Crippen molar-refractivity contribution in [3.8, 4) is 101 Å². The lowest BCUT2D eigenvalue weighted by Crippen LogP contribution is -1.92. The van der Waals surface area contributed by atoms with Crippen molar-refractivity contribution in [2.24, 2.45) is 0 Å². The molecule has 0 unspecified atom stereocenters. The Bertz CT molecular complexity index is 7480. The van der Waals surface area contributed by atoms with Gasteiger partial charge in [-0.05, 0) is 129 Å². The Morgan fingerprint density at radius 2 is 0.509 bits per heavy atom. The highest BCUT2D eigenvalue weighted by atomic mass is 14.8. The molecule has 10 aromatic heterocycles. The number of aromatic nitrogens is 10. The molecule has 0 aliphatic heterocycles. The quantitative estimate of drug-likeness (QED) is 0.129. The van der Waals surface area contributed by atoms with Crippen molar-refractivity contribution in [2.45, 2.75) is 0 Å². The normalized spacial score (nSPS) is 11.6. The Balaban J connectivity index is 0.000000142. The summed E-state index contributed by atoms with van der Waals surface area (Å²) in [6.07, 6.45) is 7.37. The van der Waals surface area contributed by atoms with E-state index in [1.807, 2.05) is 61.2 Å². The first-order chi connectivity index (χ1) is 54.4. The van der Waals surface area contributed by atoms with E-state index >= 15 is 0 Å². The van der Waals surface area contributed by atoms with Crippen LogP contribution in [0.2, 0.25) is 0 Å². The fraction of sp³-hybridized carbons (Fsp3) is 0. The average Bonchev–Trinajstić information content (AvgIpc) is 0.766. The van der Waals surface area contributed by atoms with Crippen molar-refractivity contribution in [3.05, 3.63) is 365 Å². The summed E-state index contributed by atoms with van der Waals surface area (Å²) in [5.41, 5.74) is 27.8. The van der Waals surface area contributed by atoms with Crippen LogP contribution in [-0.2, 0) is 0 Å². The zero-order valence-electron chi connectivity index (χ0n) is 59.1. The highest BCUT2D eigenvalue weighted by Gasteiger charge is 2.18. The molecule has 10 heterocycles. The summed E-state index contributed by atoms with van der Waals surface area (Å²) in [6.45, 7) is 0. The van der Waals surface area contributed by atoms with Gasteiger partial charge in [-0.2, -0.15) is 0 Å². The number of hydrogen-bond acceptors (Lipinski definition) is 10. The summed E-state index contributed by atoms with van der Waals surface area (Å²) < 4.78 is 0. The molecule has 0 saturated carbocycles. The monoisotopic (exact) mass is 1400 g/mol. The van der Waals surface area contributed by atoms with E-state index in [4.69, 9.17) is 29.9 Å². The lowest BCUT2D eigenvalue weighted by molar-refractivity contribution is 1.36. The number of nitrogens with zero attached hydrogens (tertiary/aromatic N) is 10. The second-order valence-electron chi connectivity index (χ2n) is 27.8. The van der Waals surface area contributed by atoms with E-state index in [0.717, 1.165) is 221 Å². The molecule has 0 aliphatic carbocycles. The zero-order valence-corrected chi connectivity index (χ0v) is 59.1. The second-order valence-corrected chi connectivity index (χ2v) is 27.8. The van der Waals surface area contributed by atoms with Crippen molar-refractivity contribution >= 4 is 120 Å². The van der Waals surface area contributed by atoms with Crippen molar-refractivity contribution in [3.63, 3.8) is 0 Å². The number of pyridine rings is 10. The van der Waals surface area contributed by atoms with Gasteiger partial charge >= 0.3 is 0 Å².